The van der Waals surface area contributed by atoms with E-state index in [0.717, 1.165) is 16.9 Å². The highest BCUT2D eigenvalue weighted by atomic mass is 16.5. The number of benzene rings is 2. The van der Waals surface area contributed by atoms with Crippen LogP contribution >= 0.6 is 0 Å². The number of hydrogen-bond donors (Lipinski definition) is 1. The second kappa shape index (κ2) is 8.66. The van der Waals surface area contributed by atoms with Crippen LogP contribution in [-0.2, 0) is 20.8 Å². The van der Waals surface area contributed by atoms with Gasteiger partial charge in [0.2, 0.25) is 5.91 Å². The zero-order chi connectivity index (χ0) is 22.8. The molecule has 2 aromatic rings. The molecule has 0 bridgehead atoms. The number of carbonyl (C=O) groups excluding carboxylic acids is 3. The van der Waals surface area contributed by atoms with Gasteiger partial charge in [-0.25, -0.2) is 4.90 Å². The molecular weight excluding hydrogens is 414 g/mol. The number of amides is 3. The molecule has 2 aliphatic rings. The third kappa shape index (κ3) is 3.64. The molecule has 2 atom stereocenters. The number of para-hydroxylation sites is 1. The molecule has 2 unspecified atom stereocenters. The molecule has 1 fully saturated rings. The Morgan fingerprint density at radius 2 is 1.81 bits per heavy atom. The molecule has 10 heteroatoms. The van der Waals surface area contributed by atoms with Crippen LogP contribution in [0.5, 0.6) is 11.5 Å². The quantitative estimate of drug-likeness (QED) is 0.665. The lowest BCUT2D eigenvalue weighted by molar-refractivity contribution is -0.123. The van der Waals surface area contributed by atoms with Crippen LogP contribution in [0.2, 0.25) is 0 Å². The monoisotopic (exact) mass is 437 g/mol. The van der Waals surface area contributed by atoms with Gasteiger partial charge in [0.25, 0.3) is 11.8 Å². The Morgan fingerprint density at radius 1 is 1.06 bits per heavy atom. The van der Waals surface area contributed by atoms with Crippen molar-refractivity contribution in [3.05, 3.63) is 48.0 Å². The first-order chi connectivity index (χ1) is 15.5. The van der Waals surface area contributed by atoms with E-state index in [1.165, 1.54) is 19.2 Å². The first-order valence-corrected chi connectivity index (χ1v) is 10.1. The number of carbonyl (C=O) groups is 3. The minimum atomic E-state index is -0.994. The Kier molecular flexibility index (Phi) is 5.76. The second-order valence-electron chi connectivity index (χ2n) is 7.30. The van der Waals surface area contributed by atoms with E-state index < -0.39 is 23.9 Å². The van der Waals surface area contributed by atoms with E-state index in [9.17, 15) is 14.4 Å². The predicted octanol–water partition coefficient (Wildman–Crippen LogP) is 2.20. The molecule has 0 aromatic heterocycles. The molecule has 2 aromatic carbocycles. The highest BCUT2D eigenvalue weighted by molar-refractivity contribution is 6.25. The molecule has 3 amide bonds. The highest BCUT2D eigenvalue weighted by Crippen LogP contribution is 2.36. The van der Waals surface area contributed by atoms with Crippen LogP contribution in [0.3, 0.4) is 0 Å². The topological polar surface area (TPSA) is 113 Å². The number of hydrogen-bond acceptors (Lipinski definition) is 8. The van der Waals surface area contributed by atoms with Gasteiger partial charge < -0.3 is 14.8 Å². The summed E-state index contributed by atoms with van der Waals surface area (Å²) in [4.78, 5) is 39.7. The first kappa shape index (κ1) is 21.3. The van der Waals surface area contributed by atoms with Crippen molar-refractivity contribution in [1.82, 2.24) is 5.01 Å². The van der Waals surface area contributed by atoms with Gasteiger partial charge in [-0.3, -0.25) is 19.4 Å². The number of ether oxygens (including phenoxy) is 2. The number of methoxy groups -OCH3 is 2. The first-order valence-electron chi connectivity index (χ1n) is 10.1. The molecule has 0 saturated carbocycles. The van der Waals surface area contributed by atoms with E-state index in [-0.39, 0.29) is 12.5 Å². The maximum absolute atomic E-state index is 13.1. The summed E-state index contributed by atoms with van der Waals surface area (Å²) in [6, 6.07) is 10.3. The summed E-state index contributed by atoms with van der Waals surface area (Å²) in [5.41, 5.74) is 2.03. The number of aryl methyl sites for hydroxylation is 1. The van der Waals surface area contributed by atoms with E-state index in [1.807, 2.05) is 31.2 Å². The lowest BCUT2D eigenvalue weighted by Gasteiger charge is -2.21. The molecule has 1 N–H and O–H groups in total. The van der Waals surface area contributed by atoms with Gasteiger partial charge in [0, 0.05) is 11.8 Å². The maximum atomic E-state index is 13.1. The van der Waals surface area contributed by atoms with Crippen molar-refractivity contribution in [2.75, 3.05) is 31.0 Å². The SMILES string of the molecule is CCc1ccccc1NC(=O)CN1N=NC2C(=O)N(c3ccc(OC)c(OC)c3)C(=O)C21. The Morgan fingerprint density at radius 3 is 2.53 bits per heavy atom. The number of fused-ring (bicyclic) bond motifs is 1. The fourth-order valence-corrected chi connectivity index (χ4v) is 3.86. The number of nitrogens with one attached hydrogen (secondary N) is 1. The minimum absolute atomic E-state index is 0.207. The summed E-state index contributed by atoms with van der Waals surface area (Å²) in [7, 11) is 2.96. The zero-order valence-electron chi connectivity index (χ0n) is 17.9. The van der Waals surface area contributed by atoms with Gasteiger partial charge >= 0.3 is 0 Å². The van der Waals surface area contributed by atoms with Gasteiger partial charge in [-0.15, -0.1) is 0 Å². The van der Waals surface area contributed by atoms with E-state index in [1.54, 1.807) is 18.2 Å². The molecule has 32 heavy (non-hydrogen) atoms. The fourth-order valence-electron chi connectivity index (χ4n) is 3.86. The summed E-state index contributed by atoms with van der Waals surface area (Å²) >= 11 is 0. The fraction of sp³-hybridized carbons (Fsp3) is 0.318. The summed E-state index contributed by atoms with van der Waals surface area (Å²) in [6.45, 7) is 1.79. The Bertz CT molecular complexity index is 1100. The molecule has 2 aliphatic heterocycles. The normalized spacial score (nSPS) is 19.3. The Hall–Kier alpha value is -3.95. The van der Waals surface area contributed by atoms with Crippen LogP contribution < -0.4 is 19.7 Å². The van der Waals surface area contributed by atoms with Crippen molar-refractivity contribution in [2.45, 2.75) is 25.4 Å². The maximum Gasteiger partial charge on any atom is 0.263 e. The van der Waals surface area contributed by atoms with E-state index in [2.05, 4.69) is 15.7 Å². The lowest BCUT2D eigenvalue weighted by atomic mass is 10.1. The number of anilines is 2. The zero-order valence-corrected chi connectivity index (χ0v) is 17.9. The third-order valence-electron chi connectivity index (χ3n) is 5.46. The number of nitrogens with zero attached hydrogens (tertiary/aromatic N) is 4. The standard InChI is InChI=1S/C22H23N5O5/c1-4-13-7-5-6-8-15(13)23-18(28)12-26-20-19(24-25-26)21(29)27(22(20)30)14-9-10-16(31-2)17(11-14)32-3/h5-11,19-20H,4,12H2,1-3H3,(H,23,28). The van der Waals surface area contributed by atoms with Gasteiger partial charge in [-0.1, -0.05) is 30.3 Å². The van der Waals surface area contributed by atoms with Crippen molar-refractivity contribution in [1.29, 1.82) is 0 Å². The smallest absolute Gasteiger partial charge is 0.263 e. The number of imide groups is 1. The van der Waals surface area contributed by atoms with Crippen molar-refractivity contribution in [3.63, 3.8) is 0 Å². The van der Waals surface area contributed by atoms with Gasteiger partial charge in [-0.05, 0) is 30.2 Å². The Balaban J connectivity index is 1.51. The molecule has 2 heterocycles. The van der Waals surface area contributed by atoms with Crippen LogP contribution in [0.25, 0.3) is 0 Å². The predicted molar refractivity (Wildman–Crippen MR) is 116 cm³/mol. The van der Waals surface area contributed by atoms with Crippen LogP contribution in [0, 0.1) is 0 Å². The van der Waals surface area contributed by atoms with E-state index >= 15 is 0 Å². The molecule has 0 aliphatic carbocycles. The summed E-state index contributed by atoms with van der Waals surface area (Å²) < 4.78 is 10.5. The van der Waals surface area contributed by atoms with Crippen molar-refractivity contribution in [2.24, 2.45) is 10.3 Å². The van der Waals surface area contributed by atoms with E-state index in [4.69, 9.17) is 9.47 Å². The summed E-state index contributed by atoms with van der Waals surface area (Å²) in [6.07, 6.45) is 0.762. The third-order valence-corrected chi connectivity index (χ3v) is 5.46. The largest absolute Gasteiger partial charge is 0.493 e. The van der Waals surface area contributed by atoms with Crippen LogP contribution in [0.4, 0.5) is 11.4 Å². The lowest BCUT2D eigenvalue weighted by Crippen LogP contribution is -2.43. The molecule has 166 valence electrons. The van der Waals surface area contributed by atoms with E-state index in [0.29, 0.717) is 22.9 Å². The van der Waals surface area contributed by atoms with Crippen LogP contribution in [-0.4, -0.2) is 55.6 Å². The van der Waals surface area contributed by atoms with Gasteiger partial charge in [0.05, 0.1) is 19.9 Å². The molecule has 10 nitrogen and oxygen atoms in total. The van der Waals surface area contributed by atoms with Crippen molar-refractivity contribution >= 4 is 29.1 Å². The average molecular weight is 437 g/mol. The van der Waals surface area contributed by atoms with Crippen LogP contribution in [0.15, 0.2) is 52.8 Å². The van der Waals surface area contributed by atoms with Crippen molar-refractivity contribution < 1.29 is 23.9 Å². The molecule has 0 radical (unpaired) electrons. The minimum Gasteiger partial charge on any atom is -0.493 e. The van der Waals surface area contributed by atoms with Crippen molar-refractivity contribution in [3.8, 4) is 11.5 Å². The summed E-state index contributed by atoms with van der Waals surface area (Å²) in [5, 5.41) is 12.0. The molecule has 4 rings (SSSR count). The Labute approximate surface area is 184 Å². The molecule has 1 saturated heterocycles. The van der Waals surface area contributed by atoms with Gasteiger partial charge in [0.1, 0.15) is 6.54 Å². The highest BCUT2D eigenvalue weighted by Gasteiger charge is 2.55. The molecule has 0 spiro atoms. The second-order valence-corrected chi connectivity index (χ2v) is 7.30. The average Bonchev–Trinajstić information content (AvgIpc) is 3.32. The van der Waals surface area contributed by atoms with Gasteiger partial charge in [0.15, 0.2) is 23.6 Å². The summed E-state index contributed by atoms with van der Waals surface area (Å²) in [5.74, 6) is -0.500. The number of rotatable bonds is 7. The van der Waals surface area contributed by atoms with Gasteiger partial charge in [-0.2, -0.15) is 5.11 Å². The molecular formula is C22H23N5O5. The van der Waals surface area contributed by atoms with Crippen LogP contribution in [0.1, 0.15) is 12.5 Å².